The number of carbonyl (C=O) groups is 1. The molecule has 1 amide bonds. The van der Waals surface area contributed by atoms with E-state index in [1.165, 1.54) is 6.08 Å². The molecule has 0 aromatic carbocycles. The number of rotatable bonds is 5. The Morgan fingerprint density at radius 2 is 2.07 bits per heavy atom. The lowest BCUT2D eigenvalue weighted by atomic mass is 9.94. The summed E-state index contributed by atoms with van der Waals surface area (Å²) in [5.74, 6) is -0.0406. The molecule has 0 bridgehead atoms. The fraction of sp³-hybridized carbons (Fsp3) is 0.727. The van der Waals surface area contributed by atoms with Gasteiger partial charge in [0.05, 0.1) is 0 Å². The van der Waals surface area contributed by atoms with Crippen molar-refractivity contribution in [1.82, 2.24) is 4.90 Å². The van der Waals surface area contributed by atoms with Crippen LogP contribution < -0.4 is 5.73 Å². The van der Waals surface area contributed by atoms with Crippen molar-refractivity contribution < 1.29 is 4.79 Å². The van der Waals surface area contributed by atoms with Gasteiger partial charge in [0.25, 0.3) is 0 Å². The first kappa shape index (κ1) is 16.9. The van der Waals surface area contributed by atoms with Crippen LogP contribution in [0.1, 0.15) is 33.6 Å². The predicted molar refractivity (Wildman–Crippen MR) is 67.2 cm³/mol. The number of likely N-dealkylation sites (N-methyl/N-ethyl adjacent to an activating group) is 1. The molecule has 1 atom stereocenters. The third-order valence-corrected chi connectivity index (χ3v) is 2.30. The lowest BCUT2D eigenvalue weighted by Gasteiger charge is -2.31. The Morgan fingerprint density at radius 3 is 2.33 bits per heavy atom. The minimum absolute atomic E-state index is 0. The van der Waals surface area contributed by atoms with Gasteiger partial charge < -0.3 is 10.6 Å². The van der Waals surface area contributed by atoms with Crippen LogP contribution in [0.25, 0.3) is 0 Å². The lowest BCUT2D eigenvalue weighted by Crippen LogP contribution is -2.44. The fourth-order valence-corrected chi connectivity index (χ4v) is 1.49. The summed E-state index contributed by atoms with van der Waals surface area (Å²) in [7, 11) is 1.80. The van der Waals surface area contributed by atoms with Crippen LogP contribution in [0.4, 0.5) is 0 Å². The molecule has 0 aliphatic heterocycles. The zero-order chi connectivity index (χ0) is 11.4. The molecule has 0 saturated heterocycles. The second-order valence-corrected chi connectivity index (χ2v) is 4.41. The van der Waals surface area contributed by atoms with Gasteiger partial charge in [0.15, 0.2) is 0 Å². The highest BCUT2D eigenvalue weighted by Gasteiger charge is 2.22. The van der Waals surface area contributed by atoms with Gasteiger partial charge in [-0.1, -0.05) is 13.5 Å². The van der Waals surface area contributed by atoms with Crippen molar-refractivity contribution in [3.63, 3.8) is 0 Å². The summed E-state index contributed by atoms with van der Waals surface area (Å²) < 4.78 is 0. The summed E-state index contributed by atoms with van der Waals surface area (Å²) in [6, 6.07) is 0.195. The van der Waals surface area contributed by atoms with Crippen LogP contribution in [0.3, 0.4) is 0 Å². The van der Waals surface area contributed by atoms with Gasteiger partial charge in [-0.25, -0.2) is 0 Å². The van der Waals surface area contributed by atoms with E-state index in [-0.39, 0.29) is 29.9 Å². The molecule has 4 heteroatoms. The summed E-state index contributed by atoms with van der Waals surface area (Å²) in [4.78, 5) is 13.1. The van der Waals surface area contributed by atoms with E-state index >= 15 is 0 Å². The topological polar surface area (TPSA) is 46.3 Å². The molecule has 0 heterocycles. The first-order valence-corrected chi connectivity index (χ1v) is 5.00. The third kappa shape index (κ3) is 6.52. The summed E-state index contributed by atoms with van der Waals surface area (Å²) >= 11 is 0. The number of nitrogens with two attached hydrogens (primary N) is 1. The maximum Gasteiger partial charge on any atom is 0.245 e. The molecular formula is C11H23ClN2O. The molecule has 90 valence electrons. The molecule has 0 saturated carbocycles. The summed E-state index contributed by atoms with van der Waals surface area (Å²) in [5, 5.41) is 0. The number of hydrogen-bond acceptors (Lipinski definition) is 2. The van der Waals surface area contributed by atoms with E-state index in [2.05, 4.69) is 13.5 Å². The average molecular weight is 235 g/mol. The largest absolute Gasteiger partial charge is 0.339 e. The van der Waals surface area contributed by atoms with Gasteiger partial charge in [0.2, 0.25) is 5.91 Å². The van der Waals surface area contributed by atoms with Crippen molar-refractivity contribution in [2.24, 2.45) is 5.73 Å². The number of carbonyl (C=O) groups excluding carboxylic acids is 1. The van der Waals surface area contributed by atoms with Gasteiger partial charge in [-0.15, -0.1) is 12.4 Å². The van der Waals surface area contributed by atoms with Gasteiger partial charge >= 0.3 is 0 Å². The highest BCUT2D eigenvalue weighted by molar-refractivity contribution is 5.87. The molecular weight excluding hydrogens is 212 g/mol. The van der Waals surface area contributed by atoms with Gasteiger partial charge in [-0.2, -0.15) is 0 Å². The van der Waals surface area contributed by atoms with E-state index in [1.807, 2.05) is 13.8 Å². The second kappa shape index (κ2) is 6.85. The molecule has 0 spiro atoms. The zero-order valence-electron chi connectivity index (χ0n) is 10.1. The summed E-state index contributed by atoms with van der Waals surface area (Å²) in [6.07, 6.45) is 3.06. The SMILES string of the molecule is C=CC(=O)N(C)C(CC)CC(C)(C)N.Cl. The van der Waals surface area contributed by atoms with Gasteiger partial charge in [-0.3, -0.25) is 4.79 Å². The quantitative estimate of drug-likeness (QED) is 0.740. The average Bonchev–Trinajstić information content (AvgIpc) is 2.10. The fourth-order valence-electron chi connectivity index (χ4n) is 1.49. The van der Waals surface area contributed by atoms with Crippen LogP contribution in [0.2, 0.25) is 0 Å². The molecule has 0 fully saturated rings. The molecule has 0 radical (unpaired) electrons. The Labute approximate surface area is 99.1 Å². The monoisotopic (exact) mass is 234 g/mol. The molecule has 0 aromatic heterocycles. The van der Waals surface area contributed by atoms with Crippen LogP contribution in [-0.4, -0.2) is 29.4 Å². The van der Waals surface area contributed by atoms with Crippen molar-refractivity contribution in [3.05, 3.63) is 12.7 Å². The van der Waals surface area contributed by atoms with Crippen LogP contribution in [0.15, 0.2) is 12.7 Å². The van der Waals surface area contributed by atoms with Crippen LogP contribution >= 0.6 is 12.4 Å². The van der Waals surface area contributed by atoms with Crippen molar-refractivity contribution in [2.45, 2.75) is 45.2 Å². The number of halogens is 1. The van der Waals surface area contributed by atoms with E-state index in [4.69, 9.17) is 5.73 Å². The third-order valence-electron chi connectivity index (χ3n) is 2.30. The Balaban J connectivity index is 0. The molecule has 0 aliphatic carbocycles. The zero-order valence-corrected chi connectivity index (χ0v) is 10.9. The number of hydrogen-bond donors (Lipinski definition) is 1. The van der Waals surface area contributed by atoms with E-state index in [1.54, 1.807) is 11.9 Å². The molecule has 0 aliphatic rings. The first-order chi connectivity index (χ1) is 6.31. The molecule has 0 aromatic rings. The summed E-state index contributed by atoms with van der Waals surface area (Å²) in [5.41, 5.74) is 5.69. The van der Waals surface area contributed by atoms with Crippen LogP contribution in [0, 0.1) is 0 Å². The van der Waals surface area contributed by atoms with Crippen molar-refractivity contribution in [2.75, 3.05) is 7.05 Å². The van der Waals surface area contributed by atoms with E-state index in [0.717, 1.165) is 12.8 Å². The molecule has 0 rings (SSSR count). The van der Waals surface area contributed by atoms with Crippen LogP contribution in [0.5, 0.6) is 0 Å². The lowest BCUT2D eigenvalue weighted by molar-refractivity contribution is -0.127. The van der Waals surface area contributed by atoms with E-state index < -0.39 is 0 Å². The number of amides is 1. The van der Waals surface area contributed by atoms with E-state index in [0.29, 0.717) is 0 Å². The molecule has 15 heavy (non-hydrogen) atoms. The smallest absolute Gasteiger partial charge is 0.245 e. The minimum atomic E-state index is -0.240. The number of nitrogens with zero attached hydrogens (tertiary/aromatic N) is 1. The summed E-state index contributed by atoms with van der Waals surface area (Å²) in [6.45, 7) is 9.48. The van der Waals surface area contributed by atoms with Crippen LogP contribution in [-0.2, 0) is 4.79 Å². The predicted octanol–water partition coefficient (Wildman–Crippen LogP) is 1.96. The Hall–Kier alpha value is -0.540. The van der Waals surface area contributed by atoms with Crippen molar-refractivity contribution in [1.29, 1.82) is 0 Å². The normalized spacial score (nSPS) is 12.6. The van der Waals surface area contributed by atoms with Gasteiger partial charge in [0.1, 0.15) is 0 Å². The Morgan fingerprint density at radius 1 is 1.60 bits per heavy atom. The Kier molecular flexibility index (Phi) is 7.71. The Bertz CT molecular complexity index is 211. The first-order valence-electron chi connectivity index (χ1n) is 5.00. The highest BCUT2D eigenvalue weighted by Crippen LogP contribution is 2.15. The highest BCUT2D eigenvalue weighted by atomic mass is 35.5. The van der Waals surface area contributed by atoms with Gasteiger partial charge in [-0.05, 0) is 32.8 Å². The van der Waals surface area contributed by atoms with Crippen molar-refractivity contribution >= 4 is 18.3 Å². The maximum absolute atomic E-state index is 11.4. The van der Waals surface area contributed by atoms with Crippen molar-refractivity contribution in [3.8, 4) is 0 Å². The maximum atomic E-state index is 11.4. The standard InChI is InChI=1S/C11H22N2O.ClH/c1-6-9(8-11(3,4)12)13(5)10(14)7-2;/h7,9H,2,6,8,12H2,1,3-5H3;1H. The molecule has 1 unspecified atom stereocenters. The van der Waals surface area contributed by atoms with Gasteiger partial charge in [0, 0.05) is 18.6 Å². The molecule has 2 N–H and O–H groups in total. The molecule has 3 nitrogen and oxygen atoms in total. The second-order valence-electron chi connectivity index (χ2n) is 4.41. The minimum Gasteiger partial charge on any atom is -0.339 e. The van der Waals surface area contributed by atoms with E-state index in [9.17, 15) is 4.79 Å².